The third-order valence-electron chi connectivity index (χ3n) is 5.08. The molecule has 0 saturated carbocycles. The van der Waals surface area contributed by atoms with E-state index >= 15 is 0 Å². The summed E-state index contributed by atoms with van der Waals surface area (Å²) in [6, 6.07) is 29.6. The van der Waals surface area contributed by atoms with Gasteiger partial charge < -0.3 is 9.72 Å². The van der Waals surface area contributed by atoms with Gasteiger partial charge in [0, 0.05) is 21.8 Å². The molecule has 4 aromatic carbocycles. The number of aromatic nitrogens is 1. The first-order chi connectivity index (χ1) is 13.4. The van der Waals surface area contributed by atoms with Gasteiger partial charge in [0.25, 0.3) is 0 Å². The first-order valence-electron chi connectivity index (χ1n) is 8.95. The Bertz CT molecular complexity index is 1340. The van der Waals surface area contributed by atoms with Crippen LogP contribution in [-0.2, 0) is 0 Å². The Morgan fingerprint density at radius 1 is 0.667 bits per heavy atom. The van der Waals surface area contributed by atoms with Gasteiger partial charge in [0.2, 0.25) is 0 Å². The van der Waals surface area contributed by atoms with Gasteiger partial charge in [-0.2, -0.15) is 0 Å². The van der Waals surface area contributed by atoms with E-state index in [4.69, 9.17) is 4.74 Å². The summed E-state index contributed by atoms with van der Waals surface area (Å²) in [6.07, 6.45) is 0. The van der Waals surface area contributed by atoms with Crippen LogP contribution in [0, 0.1) is 0 Å². The number of aromatic amines is 1. The van der Waals surface area contributed by atoms with E-state index in [1.165, 1.54) is 32.3 Å². The predicted molar refractivity (Wildman–Crippen MR) is 112 cm³/mol. The van der Waals surface area contributed by atoms with Crippen LogP contribution in [-0.4, -0.2) is 4.98 Å². The molecular weight excluding hydrogens is 350 g/mol. The second-order valence-corrected chi connectivity index (χ2v) is 7.77. The second-order valence-electron chi connectivity index (χ2n) is 6.71. The lowest BCUT2D eigenvalue weighted by atomic mass is 10.0. The number of fused-ring (bicyclic) bond motifs is 5. The van der Waals surface area contributed by atoms with Crippen LogP contribution < -0.4 is 4.74 Å². The van der Waals surface area contributed by atoms with Gasteiger partial charge in [-0.25, -0.2) is 0 Å². The molecule has 0 bridgehead atoms. The second kappa shape index (κ2) is 5.66. The minimum absolute atomic E-state index is 0.924. The third-order valence-corrected chi connectivity index (χ3v) is 6.26. The monoisotopic (exact) mass is 365 g/mol. The maximum absolute atomic E-state index is 6.15. The predicted octanol–water partition coefficient (Wildman–Crippen LogP) is 7.25. The summed E-state index contributed by atoms with van der Waals surface area (Å²) in [4.78, 5) is 5.88. The maximum atomic E-state index is 6.15. The van der Waals surface area contributed by atoms with Gasteiger partial charge in [0.1, 0.15) is 11.5 Å². The molecular formula is C24H15NOS. The Morgan fingerprint density at radius 2 is 1.48 bits per heavy atom. The molecule has 1 aliphatic rings. The largest absolute Gasteiger partial charge is 0.455 e. The van der Waals surface area contributed by atoms with Crippen molar-refractivity contribution in [1.82, 2.24) is 4.98 Å². The zero-order chi connectivity index (χ0) is 17.8. The first kappa shape index (κ1) is 14.9. The number of benzene rings is 4. The zero-order valence-corrected chi connectivity index (χ0v) is 15.2. The molecule has 1 N–H and O–H groups in total. The van der Waals surface area contributed by atoms with Crippen molar-refractivity contribution in [2.45, 2.75) is 9.79 Å². The van der Waals surface area contributed by atoms with Crippen LogP contribution in [0.1, 0.15) is 0 Å². The van der Waals surface area contributed by atoms with Crippen LogP contribution in [0.5, 0.6) is 11.5 Å². The van der Waals surface area contributed by atoms with Crippen molar-refractivity contribution >= 4 is 33.6 Å². The van der Waals surface area contributed by atoms with Gasteiger partial charge in [-0.3, -0.25) is 0 Å². The lowest BCUT2D eigenvalue weighted by Gasteiger charge is -2.21. The Kier molecular flexibility index (Phi) is 3.13. The molecule has 128 valence electrons. The molecule has 27 heavy (non-hydrogen) atoms. The molecule has 5 aromatic rings. The number of hydrogen-bond acceptors (Lipinski definition) is 2. The van der Waals surface area contributed by atoms with E-state index in [1.54, 1.807) is 11.8 Å². The quantitative estimate of drug-likeness (QED) is 0.332. The van der Waals surface area contributed by atoms with Crippen LogP contribution in [0.3, 0.4) is 0 Å². The summed E-state index contributed by atoms with van der Waals surface area (Å²) in [6.45, 7) is 0. The first-order valence-corrected chi connectivity index (χ1v) is 9.77. The minimum atomic E-state index is 0.924. The standard InChI is InChI=1S/C24H15NOS/c1-2-8-19-17(6-1)18-13-12-15(14-20(18)25-19)16-7-5-10-22-24(16)27-23-11-4-3-9-21(23)26-22/h1-14,25H. The van der Waals surface area contributed by atoms with Crippen LogP contribution in [0.25, 0.3) is 32.9 Å². The molecule has 2 heterocycles. The van der Waals surface area contributed by atoms with Crippen molar-refractivity contribution in [2.24, 2.45) is 0 Å². The molecule has 0 radical (unpaired) electrons. The van der Waals surface area contributed by atoms with Crippen LogP contribution in [0.2, 0.25) is 0 Å². The Hall–Kier alpha value is -3.17. The molecule has 6 rings (SSSR count). The minimum Gasteiger partial charge on any atom is -0.455 e. The normalized spacial score (nSPS) is 12.6. The molecule has 0 unspecified atom stereocenters. The Labute approximate surface area is 160 Å². The van der Waals surface area contributed by atoms with Crippen molar-refractivity contribution in [1.29, 1.82) is 0 Å². The molecule has 0 atom stereocenters. The topological polar surface area (TPSA) is 25.0 Å². The van der Waals surface area contributed by atoms with E-state index in [1.807, 2.05) is 18.2 Å². The van der Waals surface area contributed by atoms with Crippen molar-refractivity contribution in [2.75, 3.05) is 0 Å². The summed E-state index contributed by atoms with van der Waals surface area (Å²) in [7, 11) is 0. The van der Waals surface area contributed by atoms with Crippen molar-refractivity contribution < 1.29 is 4.74 Å². The van der Waals surface area contributed by atoms with Gasteiger partial charge in [0.05, 0.1) is 9.79 Å². The van der Waals surface area contributed by atoms with Gasteiger partial charge in [-0.15, -0.1) is 0 Å². The van der Waals surface area contributed by atoms with Gasteiger partial charge >= 0.3 is 0 Å². The lowest BCUT2D eigenvalue weighted by molar-refractivity contribution is 0.455. The third kappa shape index (κ3) is 2.29. The van der Waals surface area contributed by atoms with Crippen molar-refractivity contribution in [3.05, 3.63) is 84.9 Å². The fraction of sp³-hybridized carbons (Fsp3) is 0. The highest BCUT2D eigenvalue weighted by Crippen LogP contribution is 2.50. The summed E-state index contributed by atoms with van der Waals surface area (Å²) in [5, 5.41) is 2.52. The fourth-order valence-corrected chi connectivity index (χ4v) is 4.88. The fourth-order valence-electron chi connectivity index (χ4n) is 3.80. The molecule has 1 aliphatic heterocycles. The smallest absolute Gasteiger partial charge is 0.142 e. The number of ether oxygens (including phenoxy) is 1. The molecule has 0 fully saturated rings. The number of hydrogen-bond donors (Lipinski definition) is 1. The van der Waals surface area contributed by atoms with Gasteiger partial charge in [-0.1, -0.05) is 66.4 Å². The van der Waals surface area contributed by atoms with Gasteiger partial charge in [-0.05, 0) is 41.5 Å². The molecule has 3 heteroatoms. The molecule has 0 spiro atoms. The number of nitrogens with one attached hydrogen (secondary N) is 1. The highest BCUT2D eigenvalue weighted by Gasteiger charge is 2.21. The van der Waals surface area contributed by atoms with Crippen LogP contribution in [0.15, 0.2) is 94.7 Å². The molecule has 0 saturated heterocycles. The van der Waals surface area contributed by atoms with Crippen molar-refractivity contribution in [3.8, 4) is 22.6 Å². The van der Waals surface area contributed by atoms with E-state index in [-0.39, 0.29) is 0 Å². The van der Waals surface area contributed by atoms with Crippen molar-refractivity contribution in [3.63, 3.8) is 0 Å². The molecule has 0 aliphatic carbocycles. The number of para-hydroxylation sites is 2. The summed E-state index contributed by atoms with van der Waals surface area (Å²) < 4.78 is 6.15. The van der Waals surface area contributed by atoms with E-state index in [0.29, 0.717) is 0 Å². The zero-order valence-electron chi connectivity index (χ0n) is 14.4. The summed E-state index contributed by atoms with van der Waals surface area (Å²) in [5.74, 6) is 1.85. The van der Waals surface area contributed by atoms with E-state index in [9.17, 15) is 0 Å². The highest BCUT2D eigenvalue weighted by atomic mass is 32.2. The Balaban J connectivity index is 1.53. The van der Waals surface area contributed by atoms with Crippen LogP contribution >= 0.6 is 11.8 Å². The Morgan fingerprint density at radius 3 is 2.48 bits per heavy atom. The molecule has 0 amide bonds. The number of rotatable bonds is 1. The summed E-state index contributed by atoms with van der Waals surface area (Å²) in [5.41, 5.74) is 4.73. The van der Waals surface area contributed by atoms with Crippen LogP contribution in [0.4, 0.5) is 0 Å². The van der Waals surface area contributed by atoms with E-state index < -0.39 is 0 Å². The van der Waals surface area contributed by atoms with E-state index in [2.05, 4.69) is 71.7 Å². The molecule has 1 aromatic heterocycles. The number of H-pyrrole nitrogens is 1. The summed E-state index contributed by atoms with van der Waals surface area (Å²) >= 11 is 1.78. The SMILES string of the molecule is c1ccc2c(c1)Oc1cccc(-c3ccc4c(c3)[nH]c3ccccc34)c1S2. The molecule has 2 nitrogen and oxygen atoms in total. The lowest BCUT2D eigenvalue weighted by Crippen LogP contribution is -1.96. The average molecular weight is 365 g/mol. The van der Waals surface area contributed by atoms with Gasteiger partial charge in [0.15, 0.2) is 0 Å². The van der Waals surface area contributed by atoms with E-state index in [0.717, 1.165) is 21.9 Å². The highest BCUT2D eigenvalue weighted by molar-refractivity contribution is 7.99. The maximum Gasteiger partial charge on any atom is 0.142 e. The average Bonchev–Trinajstić information content (AvgIpc) is 3.09.